The Morgan fingerprint density at radius 3 is 0.977 bits per heavy atom. The van der Waals surface area contributed by atoms with Crippen molar-refractivity contribution in [2.24, 2.45) is 0 Å². The summed E-state index contributed by atoms with van der Waals surface area (Å²) in [6.45, 7) is 4.63. The van der Waals surface area contributed by atoms with Crippen molar-refractivity contribution in [3.8, 4) is 0 Å². The molecule has 0 aromatic heterocycles. The third-order valence-corrected chi connectivity index (χ3v) is 14.9. The lowest BCUT2D eigenvalue weighted by molar-refractivity contribution is -0.870. The van der Waals surface area contributed by atoms with Crippen molar-refractivity contribution in [3.05, 3.63) is 134 Å². The van der Waals surface area contributed by atoms with Gasteiger partial charge < -0.3 is 33.3 Å². The molecule has 9 nitrogen and oxygen atoms in total. The molecule has 2 unspecified atom stereocenters. The molecule has 0 spiro atoms. The van der Waals surface area contributed by atoms with Crippen molar-refractivity contribution in [2.75, 3.05) is 47.5 Å². The Balaban J connectivity index is 4.14. The highest BCUT2D eigenvalue weighted by atomic mass is 16.7. The number of carbonyl (C=O) groups excluding carboxylic acids is 3. The van der Waals surface area contributed by atoms with Crippen LogP contribution in [0.1, 0.15) is 284 Å². The number of aliphatic carboxylic acids is 1. The van der Waals surface area contributed by atoms with Gasteiger partial charge in [0.25, 0.3) is 0 Å². The summed E-state index contributed by atoms with van der Waals surface area (Å²) in [5.41, 5.74) is 0. The fourth-order valence-electron chi connectivity index (χ4n) is 9.50. The van der Waals surface area contributed by atoms with E-state index in [-0.39, 0.29) is 38.6 Å². The van der Waals surface area contributed by atoms with Crippen molar-refractivity contribution < 1.29 is 42.9 Å². The molecule has 0 bridgehead atoms. The van der Waals surface area contributed by atoms with Gasteiger partial charge in [0.1, 0.15) is 13.2 Å². The molecule has 9 heteroatoms. The fourth-order valence-corrected chi connectivity index (χ4v) is 9.50. The fraction of sp³-hybridized carbons (Fsp3) is 0.679. The van der Waals surface area contributed by atoms with Crippen LogP contribution in [0.2, 0.25) is 0 Å². The monoisotopic (exact) mass is 1210 g/mol. The number of hydrogen-bond acceptors (Lipinski definition) is 8. The summed E-state index contributed by atoms with van der Waals surface area (Å²) in [4.78, 5) is 37.5. The first kappa shape index (κ1) is 82.4. The van der Waals surface area contributed by atoms with E-state index in [9.17, 15) is 19.5 Å². The molecule has 0 heterocycles. The van der Waals surface area contributed by atoms with Crippen LogP contribution in [-0.4, -0.2) is 82.3 Å². The second-order valence-electron chi connectivity index (χ2n) is 24.4. The van der Waals surface area contributed by atoms with E-state index in [2.05, 4.69) is 148 Å². The number of allylic oxidation sites excluding steroid dienone is 22. The van der Waals surface area contributed by atoms with Crippen LogP contribution in [0.25, 0.3) is 0 Å². The maximum Gasteiger partial charge on any atom is 0.306 e. The maximum atomic E-state index is 12.9. The van der Waals surface area contributed by atoms with Crippen LogP contribution in [0.15, 0.2) is 134 Å². The van der Waals surface area contributed by atoms with E-state index in [4.69, 9.17) is 18.9 Å². The summed E-state index contributed by atoms with van der Waals surface area (Å²) in [7, 11) is 5.92. The van der Waals surface area contributed by atoms with E-state index in [1.165, 1.54) is 141 Å². The first-order chi connectivity index (χ1) is 42.6. The van der Waals surface area contributed by atoms with Crippen molar-refractivity contribution >= 4 is 17.9 Å². The summed E-state index contributed by atoms with van der Waals surface area (Å²) >= 11 is 0. The number of likely N-dealkylation sites (N-methyl/N-ethyl adjacent to an activating group) is 1. The minimum absolute atomic E-state index is 0.142. The van der Waals surface area contributed by atoms with Crippen molar-refractivity contribution in [2.45, 2.75) is 296 Å². The third kappa shape index (κ3) is 68.8. The molecule has 0 amide bonds. The van der Waals surface area contributed by atoms with Crippen LogP contribution in [0, 0.1) is 0 Å². The third-order valence-electron chi connectivity index (χ3n) is 14.9. The Hall–Kier alpha value is -4.57. The second kappa shape index (κ2) is 67.4. The Bertz CT molecular complexity index is 1890. The van der Waals surface area contributed by atoms with Gasteiger partial charge in [-0.2, -0.15) is 0 Å². The van der Waals surface area contributed by atoms with Crippen LogP contribution in [0.5, 0.6) is 0 Å². The number of carboxylic acid groups (broad SMARTS) is 1. The van der Waals surface area contributed by atoms with Gasteiger partial charge in [0.05, 0.1) is 40.3 Å². The molecule has 0 aliphatic rings. The van der Waals surface area contributed by atoms with Gasteiger partial charge in [0.15, 0.2) is 12.4 Å². The largest absolute Gasteiger partial charge is 0.545 e. The normalized spacial score (nSPS) is 13.5. The topological polar surface area (TPSA) is 111 Å². The minimum Gasteiger partial charge on any atom is -0.545 e. The molecule has 0 radical (unpaired) electrons. The van der Waals surface area contributed by atoms with Gasteiger partial charge in [0, 0.05) is 12.8 Å². The number of carbonyl (C=O) groups is 3. The summed E-state index contributed by atoms with van der Waals surface area (Å²) in [6, 6.07) is 0. The molecule has 0 saturated heterocycles. The Morgan fingerprint density at radius 2 is 0.655 bits per heavy atom. The minimum atomic E-state index is -1.63. The molecule has 2 atom stereocenters. The first-order valence-corrected chi connectivity index (χ1v) is 35.3. The van der Waals surface area contributed by atoms with Gasteiger partial charge in [-0.15, -0.1) is 0 Å². The molecular weight excluding hydrogens is 1080 g/mol. The smallest absolute Gasteiger partial charge is 0.306 e. The highest BCUT2D eigenvalue weighted by Gasteiger charge is 2.22. The van der Waals surface area contributed by atoms with Gasteiger partial charge in [-0.25, -0.2) is 0 Å². The van der Waals surface area contributed by atoms with Gasteiger partial charge >= 0.3 is 11.9 Å². The van der Waals surface area contributed by atoms with E-state index in [0.717, 1.165) is 109 Å². The highest BCUT2D eigenvalue weighted by molar-refractivity contribution is 5.70. The number of hydrogen-bond donors (Lipinski definition) is 0. The van der Waals surface area contributed by atoms with E-state index in [1.54, 1.807) is 0 Å². The van der Waals surface area contributed by atoms with Crippen LogP contribution in [0.3, 0.4) is 0 Å². The SMILES string of the molecule is CC/C=C\C/C=C\C/C=C\C/C=C\C/C=C\C/C=C\C/C=C\C/C=C\C/C=C\CCCCCCCCCCCCCC(=O)OC(COC(=O)CCCCCCCCCCCCC/C=C\C/C=C\CCCCCCC)COC(OCC[N+](C)(C)C)C(=O)[O-]. The predicted molar refractivity (Wildman–Crippen MR) is 370 cm³/mol. The Morgan fingerprint density at radius 1 is 0.356 bits per heavy atom. The molecule has 0 saturated carbocycles. The lowest BCUT2D eigenvalue weighted by atomic mass is 10.0. The number of ether oxygens (including phenoxy) is 4. The van der Waals surface area contributed by atoms with Crippen LogP contribution >= 0.6 is 0 Å². The number of unbranched alkanes of at least 4 members (excludes halogenated alkanes) is 27. The molecule has 0 aliphatic heterocycles. The molecule has 0 aromatic rings. The number of esters is 2. The molecule has 0 aromatic carbocycles. The molecular formula is C78H131NO8. The van der Waals surface area contributed by atoms with Crippen LogP contribution in [0.4, 0.5) is 0 Å². The predicted octanol–water partition coefficient (Wildman–Crippen LogP) is 20.8. The average Bonchev–Trinajstić information content (AvgIpc) is 3.55. The van der Waals surface area contributed by atoms with Crippen molar-refractivity contribution in [1.82, 2.24) is 0 Å². The van der Waals surface area contributed by atoms with E-state index in [1.807, 2.05) is 21.1 Å². The summed E-state index contributed by atoms with van der Waals surface area (Å²) in [6.07, 6.45) is 93.8. The Labute approximate surface area is 535 Å². The zero-order chi connectivity index (χ0) is 63.3. The summed E-state index contributed by atoms with van der Waals surface area (Å²) < 4.78 is 22.8. The second-order valence-corrected chi connectivity index (χ2v) is 24.4. The average molecular weight is 1210 g/mol. The van der Waals surface area contributed by atoms with Crippen molar-refractivity contribution in [3.63, 3.8) is 0 Å². The number of carboxylic acids is 1. The van der Waals surface area contributed by atoms with Gasteiger partial charge in [-0.3, -0.25) is 9.59 Å². The zero-order valence-corrected chi connectivity index (χ0v) is 56.6. The van der Waals surface area contributed by atoms with E-state index >= 15 is 0 Å². The quantitative estimate of drug-likeness (QED) is 0.0195. The number of nitrogens with zero attached hydrogens (tertiary/aromatic N) is 1. The molecule has 0 N–H and O–H groups in total. The molecule has 0 aliphatic carbocycles. The van der Waals surface area contributed by atoms with Crippen LogP contribution in [-0.2, 0) is 33.3 Å². The van der Waals surface area contributed by atoms with Gasteiger partial charge in [-0.1, -0.05) is 289 Å². The maximum absolute atomic E-state index is 12.9. The number of rotatable bonds is 64. The molecule has 0 fully saturated rings. The van der Waals surface area contributed by atoms with E-state index in [0.29, 0.717) is 17.4 Å². The van der Waals surface area contributed by atoms with Gasteiger partial charge in [0.2, 0.25) is 0 Å². The van der Waals surface area contributed by atoms with Crippen molar-refractivity contribution in [1.29, 1.82) is 0 Å². The first-order valence-electron chi connectivity index (χ1n) is 35.3. The molecule has 496 valence electrons. The summed E-state index contributed by atoms with van der Waals surface area (Å²) in [5.74, 6) is -2.29. The standard InChI is InChI=1S/C78H131NO8/c1-6-8-10-12-14-16-18-20-22-24-26-28-30-31-32-33-34-35-36-37-38-39-40-41-42-43-44-45-47-49-51-53-55-57-59-61-63-65-67-69-76(81)87-74(73-86-78(77(82)83)84-71-70-79(3,4)5)72-85-75(80)68-66-64-62-60-58-56-54-52-50-48-46-29-27-25-23-21-19-17-15-13-11-9-7-2/h8,10,14,16,19-22,25-28,31-32,34-35,37-38,40-41,43-44,74,78H,6-7,9,11-13,15,17-18,23-24,29-30,33,36,39,42,45-73H2,1-5H3/b10-8-,16-14-,21-19-,22-20-,27-25-,28-26-,32-31-,35-34-,38-37-,41-40-,44-43-. The zero-order valence-electron chi connectivity index (χ0n) is 56.6. The summed E-state index contributed by atoms with van der Waals surface area (Å²) in [5, 5.41) is 11.8. The van der Waals surface area contributed by atoms with Gasteiger partial charge in [-0.05, 0) is 116 Å². The lowest BCUT2D eigenvalue weighted by Gasteiger charge is -2.26. The van der Waals surface area contributed by atoms with Crippen LogP contribution < -0.4 is 5.11 Å². The molecule has 87 heavy (non-hydrogen) atoms. The van der Waals surface area contributed by atoms with E-state index < -0.39 is 24.3 Å². The number of quaternary nitrogens is 1. The lowest BCUT2D eigenvalue weighted by Crippen LogP contribution is -2.44. The Kier molecular flexibility index (Phi) is 63.8. The highest BCUT2D eigenvalue weighted by Crippen LogP contribution is 2.16. The molecule has 0 rings (SSSR count).